The minimum atomic E-state index is -1.03. The third kappa shape index (κ3) is 8.79. The standard InChI is InChI=1S/C32H37NO8/c1-38-26-8-5-9-27(21-26)40-20-3-2-19-39-25-16-13-23(14-17-25)12-15-24-7-4-10-28-31(24)41-29(32(36)37)22-33(28)18-6-11-30(34)35/h4-5,7-10,13-14,16-17,21,29H,2-3,6,11-12,15,18-20,22H2,1H3,(H,34,35)(H,36,37). The number of para-hydroxylation sites is 1. The summed E-state index contributed by atoms with van der Waals surface area (Å²) in [7, 11) is 1.63. The van der Waals surface area contributed by atoms with Gasteiger partial charge in [0, 0.05) is 19.0 Å². The molecule has 0 amide bonds. The lowest BCUT2D eigenvalue weighted by Crippen LogP contribution is -2.45. The number of carboxylic acid groups (broad SMARTS) is 2. The van der Waals surface area contributed by atoms with E-state index in [2.05, 4.69) is 0 Å². The lowest BCUT2D eigenvalue weighted by Gasteiger charge is -2.35. The van der Waals surface area contributed by atoms with Crippen molar-refractivity contribution in [3.63, 3.8) is 0 Å². The first kappa shape index (κ1) is 29.6. The van der Waals surface area contributed by atoms with E-state index in [1.165, 1.54) is 0 Å². The quantitative estimate of drug-likeness (QED) is 0.226. The summed E-state index contributed by atoms with van der Waals surface area (Å²) in [5, 5.41) is 18.6. The molecule has 9 nitrogen and oxygen atoms in total. The second-order valence-electron chi connectivity index (χ2n) is 9.88. The lowest BCUT2D eigenvalue weighted by molar-refractivity contribution is -0.145. The first-order valence-electron chi connectivity index (χ1n) is 13.9. The molecule has 0 aromatic heterocycles. The molecule has 0 aliphatic carbocycles. The van der Waals surface area contributed by atoms with Crippen molar-refractivity contribution < 1.29 is 38.7 Å². The highest BCUT2D eigenvalue weighted by Crippen LogP contribution is 2.37. The van der Waals surface area contributed by atoms with Crippen LogP contribution in [0.15, 0.2) is 66.7 Å². The van der Waals surface area contributed by atoms with Crippen LogP contribution < -0.4 is 23.8 Å². The number of hydrogen-bond acceptors (Lipinski definition) is 7. The summed E-state index contributed by atoms with van der Waals surface area (Å²) in [5.74, 6) is 1.04. The summed E-state index contributed by atoms with van der Waals surface area (Å²) >= 11 is 0. The predicted octanol–water partition coefficient (Wildman–Crippen LogP) is 5.24. The Hall–Kier alpha value is -4.40. The van der Waals surface area contributed by atoms with Gasteiger partial charge in [-0.05, 0) is 73.6 Å². The average Bonchev–Trinajstić information content (AvgIpc) is 2.98. The Morgan fingerprint density at radius 1 is 0.878 bits per heavy atom. The van der Waals surface area contributed by atoms with Crippen LogP contribution in [0, 0.1) is 0 Å². The van der Waals surface area contributed by atoms with E-state index in [1.54, 1.807) is 7.11 Å². The van der Waals surface area contributed by atoms with Gasteiger partial charge >= 0.3 is 11.9 Å². The van der Waals surface area contributed by atoms with Crippen LogP contribution in [0.5, 0.6) is 23.0 Å². The molecule has 3 aromatic rings. The molecule has 1 heterocycles. The third-order valence-electron chi connectivity index (χ3n) is 6.88. The number of unbranched alkanes of at least 4 members (excludes halogenated alkanes) is 1. The Bertz CT molecular complexity index is 1290. The molecule has 0 saturated carbocycles. The van der Waals surface area contributed by atoms with Gasteiger partial charge in [-0.15, -0.1) is 0 Å². The summed E-state index contributed by atoms with van der Waals surface area (Å²) in [5.41, 5.74) is 2.86. The summed E-state index contributed by atoms with van der Waals surface area (Å²) in [6, 6.07) is 21.3. The number of rotatable bonds is 16. The van der Waals surface area contributed by atoms with Gasteiger partial charge in [0.2, 0.25) is 6.10 Å². The van der Waals surface area contributed by atoms with Gasteiger partial charge in [0.25, 0.3) is 0 Å². The molecule has 1 unspecified atom stereocenters. The van der Waals surface area contributed by atoms with Gasteiger partial charge in [0.05, 0.1) is 32.6 Å². The Morgan fingerprint density at radius 2 is 1.59 bits per heavy atom. The fourth-order valence-corrected chi connectivity index (χ4v) is 4.70. The van der Waals surface area contributed by atoms with Crippen LogP contribution in [-0.2, 0) is 22.4 Å². The van der Waals surface area contributed by atoms with Crippen molar-refractivity contribution in [2.75, 3.05) is 38.3 Å². The van der Waals surface area contributed by atoms with E-state index in [4.69, 9.17) is 24.1 Å². The molecule has 1 atom stereocenters. The summed E-state index contributed by atoms with van der Waals surface area (Å²) in [6.45, 7) is 1.84. The number of nitrogens with zero attached hydrogens (tertiary/aromatic N) is 1. The monoisotopic (exact) mass is 563 g/mol. The van der Waals surface area contributed by atoms with Gasteiger partial charge in [0.1, 0.15) is 23.0 Å². The first-order chi connectivity index (χ1) is 19.9. The number of fused-ring (bicyclic) bond motifs is 1. The van der Waals surface area contributed by atoms with Crippen molar-refractivity contribution in [2.45, 2.75) is 44.6 Å². The normalized spacial score (nSPS) is 14.1. The molecule has 1 aliphatic heterocycles. The number of hydrogen-bond donors (Lipinski definition) is 2. The Labute approximate surface area is 240 Å². The topological polar surface area (TPSA) is 115 Å². The molecule has 41 heavy (non-hydrogen) atoms. The molecule has 0 fully saturated rings. The highest BCUT2D eigenvalue weighted by molar-refractivity contribution is 5.77. The number of aryl methyl sites for hydroxylation is 2. The van der Waals surface area contributed by atoms with E-state index >= 15 is 0 Å². The molecule has 9 heteroatoms. The third-order valence-corrected chi connectivity index (χ3v) is 6.88. The maximum atomic E-state index is 11.8. The number of benzene rings is 3. The van der Waals surface area contributed by atoms with E-state index in [9.17, 15) is 14.7 Å². The zero-order valence-electron chi connectivity index (χ0n) is 23.3. The van der Waals surface area contributed by atoms with Crippen LogP contribution in [-0.4, -0.2) is 61.7 Å². The van der Waals surface area contributed by atoms with E-state index in [0.29, 0.717) is 38.3 Å². The molecule has 0 saturated heterocycles. The maximum absolute atomic E-state index is 11.8. The van der Waals surface area contributed by atoms with Crippen molar-refractivity contribution in [2.24, 2.45) is 0 Å². The fourth-order valence-electron chi connectivity index (χ4n) is 4.70. The van der Waals surface area contributed by atoms with Gasteiger partial charge in [0.15, 0.2) is 0 Å². The number of anilines is 1. The van der Waals surface area contributed by atoms with Gasteiger partial charge in [-0.2, -0.15) is 0 Å². The SMILES string of the molecule is COc1cccc(OCCCCOc2ccc(CCc3cccc4c3OC(C(=O)O)CN4CCCC(=O)O)cc2)c1. The van der Waals surface area contributed by atoms with E-state index < -0.39 is 18.0 Å². The smallest absolute Gasteiger partial charge is 0.346 e. The van der Waals surface area contributed by atoms with Crippen molar-refractivity contribution in [3.05, 3.63) is 77.9 Å². The predicted molar refractivity (Wildman–Crippen MR) is 155 cm³/mol. The van der Waals surface area contributed by atoms with E-state index in [0.717, 1.165) is 53.3 Å². The van der Waals surface area contributed by atoms with Gasteiger partial charge < -0.3 is 34.1 Å². The number of carboxylic acids is 2. The number of aliphatic carboxylic acids is 2. The first-order valence-corrected chi connectivity index (χ1v) is 13.9. The highest BCUT2D eigenvalue weighted by Gasteiger charge is 2.31. The molecular weight excluding hydrogens is 526 g/mol. The van der Waals surface area contributed by atoms with Crippen LogP contribution >= 0.6 is 0 Å². The van der Waals surface area contributed by atoms with E-state index in [-0.39, 0.29) is 13.0 Å². The van der Waals surface area contributed by atoms with Crippen molar-refractivity contribution >= 4 is 17.6 Å². The highest BCUT2D eigenvalue weighted by atomic mass is 16.5. The van der Waals surface area contributed by atoms with Crippen molar-refractivity contribution in [1.82, 2.24) is 0 Å². The molecule has 218 valence electrons. The van der Waals surface area contributed by atoms with Gasteiger partial charge in [-0.1, -0.05) is 30.3 Å². The number of ether oxygens (including phenoxy) is 4. The van der Waals surface area contributed by atoms with Gasteiger partial charge in [-0.25, -0.2) is 4.79 Å². The molecule has 0 bridgehead atoms. The average molecular weight is 564 g/mol. The Balaban J connectivity index is 1.25. The summed E-state index contributed by atoms with van der Waals surface area (Å²) < 4.78 is 22.8. The van der Waals surface area contributed by atoms with Crippen LogP contribution in [0.1, 0.15) is 36.8 Å². The molecule has 3 aromatic carbocycles. The Morgan fingerprint density at radius 3 is 2.29 bits per heavy atom. The lowest BCUT2D eigenvalue weighted by atomic mass is 10.0. The second kappa shape index (κ2) is 14.8. The van der Waals surface area contributed by atoms with Crippen LogP contribution in [0.25, 0.3) is 0 Å². The second-order valence-corrected chi connectivity index (χ2v) is 9.88. The van der Waals surface area contributed by atoms with Crippen molar-refractivity contribution in [3.8, 4) is 23.0 Å². The van der Waals surface area contributed by atoms with Crippen molar-refractivity contribution in [1.29, 1.82) is 0 Å². The zero-order valence-corrected chi connectivity index (χ0v) is 23.3. The summed E-state index contributed by atoms with van der Waals surface area (Å²) in [4.78, 5) is 24.6. The molecule has 4 rings (SSSR count). The molecule has 1 aliphatic rings. The molecule has 0 spiro atoms. The summed E-state index contributed by atoms with van der Waals surface area (Å²) in [6.07, 6.45) is 2.62. The largest absolute Gasteiger partial charge is 0.497 e. The maximum Gasteiger partial charge on any atom is 0.346 e. The van der Waals surface area contributed by atoms with Crippen LogP contribution in [0.4, 0.5) is 5.69 Å². The number of carbonyl (C=O) groups is 2. The Kier molecular flexibility index (Phi) is 10.7. The van der Waals surface area contributed by atoms with E-state index in [1.807, 2.05) is 71.6 Å². The molecule has 2 N–H and O–H groups in total. The van der Waals surface area contributed by atoms with Gasteiger partial charge in [-0.3, -0.25) is 4.79 Å². The molecule has 0 radical (unpaired) electrons. The molecular formula is C32H37NO8. The van der Waals surface area contributed by atoms with Crippen LogP contribution in [0.3, 0.4) is 0 Å². The zero-order chi connectivity index (χ0) is 29.0. The minimum Gasteiger partial charge on any atom is -0.497 e. The number of methoxy groups -OCH3 is 1. The van der Waals surface area contributed by atoms with Crippen LogP contribution in [0.2, 0.25) is 0 Å². The minimum absolute atomic E-state index is 0.0303. The fraction of sp³-hybridized carbons (Fsp3) is 0.375.